The molecule has 0 amide bonds. The Morgan fingerprint density at radius 2 is 2.04 bits per heavy atom. The van der Waals surface area contributed by atoms with Crippen LogP contribution in [-0.2, 0) is 16.1 Å². The lowest BCUT2D eigenvalue weighted by Gasteiger charge is -2.15. The summed E-state index contributed by atoms with van der Waals surface area (Å²) < 4.78 is 28.1. The van der Waals surface area contributed by atoms with Crippen LogP contribution in [0.3, 0.4) is 0 Å². The van der Waals surface area contributed by atoms with Gasteiger partial charge in [0, 0.05) is 12.5 Å². The largest absolute Gasteiger partial charge is 0.380 e. The first-order valence-electron chi connectivity index (χ1n) is 9.22. The van der Waals surface area contributed by atoms with Crippen LogP contribution in [-0.4, -0.2) is 38.5 Å². The number of nitrogens with zero attached hydrogens (tertiary/aromatic N) is 4. The summed E-state index contributed by atoms with van der Waals surface area (Å²) in [6.45, 7) is 2.85. The molecule has 9 heteroatoms. The van der Waals surface area contributed by atoms with E-state index in [1.807, 2.05) is 37.3 Å². The van der Waals surface area contributed by atoms with Crippen molar-refractivity contribution in [1.82, 2.24) is 19.6 Å². The number of fused-ring (bicyclic) bond motifs is 1. The molecule has 0 saturated carbocycles. The molecule has 1 aliphatic rings. The van der Waals surface area contributed by atoms with Crippen LogP contribution in [0.1, 0.15) is 30.7 Å². The van der Waals surface area contributed by atoms with Crippen LogP contribution < -0.4 is 11.5 Å². The van der Waals surface area contributed by atoms with Gasteiger partial charge in [-0.25, -0.2) is 13.9 Å². The SMILES string of the molecule is C[C@H]1[C@@H](F)[C@H](c2cnc3c(N)nc(N)nn23)O[C@@H]1CCOCc1ccccc1. The molecule has 1 saturated heterocycles. The number of alkyl halides is 1. The second kappa shape index (κ2) is 7.69. The highest BCUT2D eigenvalue weighted by atomic mass is 19.1. The van der Waals surface area contributed by atoms with Crippen molar-refractivity contribution in [3.63, 3.8) is 0 Å². The first-order chi connectivity index (χ1) is 13.5. The summed E-state index contributed by atoms with van der Waals surface area (Å²) in [5.41, 5.74) is 13.4. The van der Waals surface area contributed by atoms with Crippen molar-refractivity contribution in [2.24, 2.45) is 5.92 Å². The molecule has 1 fully saturated rings. The van der Waals surface area contributed by atoms with E-state index in [0.29, 0.717) is 31.0 Å². The molecular weight excluding hydrogens is 363 g/mol. The number of nitrogens with two attached hydrogens (primary N) is 2. The molecule has 0 unspecified atom stereocenters. The van der Waals surface area contributed by atoms with Crippen LogP contribution in [0.15, 0.2) is 36.5 Å². The van der Waals surface area contributed by atoms with E-state index in [9.17, 15) is 4.39 Å². The summed E-state index contributed by atoms with van der Waals surface area (Å²) in [6.07, 6.45) is -0.147. The van der Waals surface area contributed by atoms with Crippen molar-refractivity contribution in [3.05, 3.63) is 47.8 Å². The Kier molecular flexibility index (Phi) is 5.10. The predicted molar refractivity (Wildman–Crippen MR) is 102 cm³/mol. The first-order valence-corrected chi connectivity index (χ1v) is 9.22. The van der Waals surface area contributed by atoms with Crippen molar-refractivity contribution >= 4 is 17.4 Å². The highest BCUT2D eigenvalue weighted by Crippen LogP contribution is 2.40. The number of hydrogen-bond donors (Lipinski definition) is 2. The van der Waals surface area contributed by atoms with Gasteiger partial charge in [-0.15, -0.1) is 5.10 Å². The fourth-order valence-corrected chi connectivity index (χ4v) is 3.53. The van der Waals surface area contributed by atoms with E-state index < -0.39 is 12.3 Å². The van der Waals surface area contributed by atoms with Gasteiger partial charge in [0.15, 0.2) is 11.5 Å². The highest BCUT2D eigenvalue weighted by Gasteiger charge is 2.44. The van der Waals surface area contributed by atoms with Gasteiger partial charge in [0.05, 0.1) is 24.6 Å². The van der Waals surface area contributed by atoms with E-state index in [1.54, 1.807) is 0 Å². The lowest BCUT2D eigenvalue weighted by Crippen LogP contribution is -2.20. The molecule has 0 bridgehead atoms. The summed E-state index contributed by atoms with van der Waals surface area (Å²) in [6, 6.07) is 9.92. The normalized spacial score (nSPS) is 24.8. The second-order valence-corrected chi connectivity index (χ2v) is 7.00. The van der Waals surface area contributed by atoms with Crippen LogP contribution in [0.5, 0.6) is 0 Å². The summed E-state index contributed by atoms with van der Waals surface area (Å²) in [4.78, 5) is 8.06. The van der Waals surface area contributed by atoms with E-state index in [0.717, 1.165) is 5.56 Å². The van der Waals surface area contributed by atoms with Gasteiger partial charge in [-0.1, -0.05) is 37.3 Å². The highest BCUT2D eigenvalue weighted by molar-refractivity contribution is 5.60. The number of anilines is 2. The fourth-order valence-electron chi connectivity index (χ4n) is 3.53. The number of nitrogen functional groups attached to an aromatic ring is 2. The number of benzene rings is 1. The van der Waals surface area contributed by atoms with Crippen molar-refractivity contribution in [1.29, 1.82) is 0 Å². The maximum absolute atomic E-state index is 15.0. The summed E-state index contributed by atoms with van der Waals surface area (Å²) in [5, 5.41) is 4.10. The number of aromatic nitrogens is 4. The Hall–Kier alpha value is -2.78. The third kappa shape index (κ3) is 3.50. The Morgan fingerprint density at radius 1 is 1.25 bits per heavy atom. The molecule has 0 aliphatic carbocycles. The maximum atomic E-state index is 15.0. The summed E-state index contributed by atoms with van der Waals surface area (Å²) in [7, 11) is 0. The van der Waals surface area contributed by atoms with Gasteiger partial charge in [0.2, 0.25) is 5.95 Å². The van der Waals surface area contributed by atoms with Crippen molar-refractivity contribution in [2.75, 3.05) is 18.1 Å². The molecule has 1 aromatic carbocycles. The molecule has 148 valence electrons. The first kappa shape index (κ1) is 18.6. The van der Waals surface area contributed by atoms with Gasteiger partial charge in [-0.2, -0.15) is 4.98 Å². The topological polar surface area (TPSA) is 114 Å². The van der Waals surface area contributed by atoms with Gasteiger partial charge in [-0.3, -0.25) is 0 Å². The molecule has 2 aromatic heterocycles. The van der Waals surface area contributed by atoms with Crippen molar-refractivity contribution in [2.45, 2.75) is 38.3 Å². The van der Waals surface area contributed by atoms with Crippen LogP contribution >= 0.6 is 0 Å². The minimum absolute atomic E-state index is 0.00318. The Morgan fingerprint density at radius 3 is 2.82 bits per heavy atom. The predicted octanol–water partition coefficient (Wildman–Crippen LogP) is 2.31. The molecule has 0 spiro atoms. The van der Waals surface area contributed by atoms with E-state index in [-0.39, 0.29) is 23.8 Å². The van der Waals surface area contributed by atoms with Crippen LogP contribution in [0, 0.1) is 5.92 Å². The average Bonchev–Trinajstić information content (AvgIpc) is 3.22. The van der Waals surface area contributed by atoms with E-state index in [2.05, 4.69) is 15.1 Å². The standard InChI is InChI=1S/C19H23FN6O2/c1-11-14(7-8-27-10-12-5-3-2-4-6-12)28-16(15(11)20)13-9-23-18-17(21)24-19(22)25-26(13)18/h2-6,9,11,14-16H,7-8,10H2,1H3,(H4,21,22,24,25)/t11-,14-,15-,16+/m1/s1. The summed E-state index contributed by atoms with van der Waals surface area (Å²) in [5.74, 6) is -0.143. The molecule has 3 heterocycles. The molecule has 3 aromatic rings. The molecule has 4 atom stereocenters. The van der Waals surface area contributed by atoms with Gasteiger partial charge in [0.25, 0.3) is 0 Å². The lowest BCUT2D eigenvalue weighted by atomic mass is 9.97. The number of rotatable bonds is 6. The second-order valence-electron chi connectivity index (χ2n) is 7.00. The number of hydrogen-bond acceptors (Lipinski definition) is 7. The fraction of sp³-hybridized carbons (Fsp3) is 0.421. The third-order valence-electron chi connectivity index (χ3n) is 5.08. The zero-order valence-electron chi connectivity index (χ0n) is 15.5. The Labute approximate surface area is 161 Å². The zero-order valence-corrected chi connectivity index (χ0v) is 15.5. The molecule has 1 aliphatic heterocycles. The quantitative estimate of drug-likeness (QED) is 0.625. The molecule has 0 radical (unpaired) electrons. The zero-order chi connectivity index (χ0) is 19.7. The average molecular weight is 386 g/mol. The number of imidazole rings is 1. The summed E-state index contributed by atoms with van der Waals surface area (Å²) >= 11 is 0. The van der Waals surface area contributed by atoms with Crippen molar-refractivity contribution in [3.8, 4) is 0 Å². The van der Waals surface area contributed by atoms with Crippen molar-refractivity contribution < 1.29 is 13.9 Å². The molecule has 4 N–H and O–H groups in total. The Bertz CT molecular complexity index is 950. The maximum Gasteiger partial charge on any atom is 0.240 e. The van der Waals surface area contributed by atoms with E-state index >= 15 is 0 Å². The van der Waals surface area contributed by atoms with Gasteiger partial charge >= 0.3 is 0 Å². The van der Waals surface area contributed by atoms with Gasteiger partial charge in [-0.05, 0) is 12.0 Å². The number of halogens is 1. The molecular formula is C19H23FN6O2. The smallest absolute Gasteiger partial charge is 0.240 e. The van der Waals surface area contributed by atoms with Gasteiger partial charge in [0.1, 0.15) is 12.3 Å². The minimum Gasteiger partial charge on any atom is -0.380 e. The monoisotopic (exact) mass is 386 g/mol. The van der Waals surface area contributed by atoms with E-state index in [4.69, 9.17) is 20.9 Å². The minimum atomic E-state index is -1.20. The van der Waals surface area contributed by atoms with Crippen LogP contribution in [0.2, 0.25) is 0 Å². The van der Waals surface area contributed by atoms with Gasteiger partial charge < -0.3 is 20.9 Å². The number of ether oxygens (including phenoxy) is 2. The molecule has 4 rings (SSSR count). The Balaban J connectivity index is 1.42. The molecule has 28 heavy (non-hydrogen) atoms. The van der Waals surface area contributed by atoms with E-state index in [1.165, 1.54) is 10.7 Å². The third-order valence-corrected chi connectivity index (χ3v) is 5.08. The van der Waals surface area contributed by atoms with Crippen LogP contribution in [0.25, 0.3) is 5.65 Å². The van der Waals surface area contributed by atoms with Crippen LogP contribution in [0.4, 0.5) is 16.2 Å². The lowest BCUT2D eigenvalue weighted by molar-refractivity contribution is -0.00125. The molecule has 8 nitrogen and oxygen atoms in total.